The topological polar surface area (TPSA) is 70.5 Å². The van der Waals surface area contributed by atoms with Gasteiger partial charge in [-0.2, -0.15) is 0 Å². The van der Waals surface area contributed by atoms with Crippen LogP contribution in [0.1, 0.15) is 36.2 Å². The van der Waals surface area contributed by atoms with Gasteiger partial charge in [0.05, 0.1) is 0 Å². The quantitative estimate of drug-likeness (QED) is 0.860. The summed E-state index contributed by atoms with van der Waals surface area (Å²) in [7, 11) is 1.87. The van der Waals surface area contributed by atoms with Crippen LogP contribution >= 0.6 is 0 Å². The van der Waals surface area contributed by atoms with E-state index in [0.717, 1.165) is 57.7 Å². The summed E-state index contributed by atoms with van der Waals surface area (Å²) in [6.07, 6.45) is 7.09. The maximum Gasteiger partial charge on any atom is 0.268 e. The summed E-state index contributed by atoms with van der Waals surface area (Å²) in [5, 5.41) is 3.13. The predicted octanol–water partition coefficient (Wildman–Crippen LogP) is 2.06. The average Bonchev–Trinajstić information content (AvgIpc) is 3.20. The molecule has 0 spiro atoms. The molecule has 29 heavy (non-hydrogen) atoms. The number of aryl methyl sites for hydroxylation is 1. The first-order valence-corrected chi connectivity index (χ1v) is 10.5. The SMILES string of the molecule is Cn1cccc1C(=O)NC1CCC(C(=O)N2CCN(c3ccccn3)CC2)CC1. The van der Waals surface area contributed by atoms with Crippen LogP contribution < -0.4 is 10.2 Å². The summed E-state index contributed by atoms with van der Waals surface area (Å²) in [6, 6.07) is 9.79. The molecular weight excluding hydrogens is 366 g/mol. The lowest BCUT2D eigenvalue weighted by Gasteiger charge is -2.38. The smallest absolute Gasteiger partial charge is 0.268 e. The van der Waals surface area contributed by atoms with Crippen LogP contribution in [0.4, 0.5) is 5.82 Å². The van der Waals surface area contributed by atoms with Crippen molar-refractivity contribution in [2.24, 2.45) is 13.0 Å². The Morgan fingerprint density at radius 3 is 2.38 bits per heavy atom. The van der Waals surface area contributed by atoms with E-state index >= 15 is 0 Å². The van der Waals surface area contributed by atoms with Gasteiger partial charge in [-0.05, 0) is 49.9 Å². The van der Waals surface area contributed by atoms with Crippen molar-refractivity contribution in [2.45, 2.75) is 31.7 Å². The molecule has 2 aromatic heterocycles. The summed E-state index contributed by atoms with van der Waals surface area (Å²) in [6.45, 7) is 3.15. The number of pyridine rings is 1. The summed E-state index contributed by atoms with van der Waals surface area (Å²) in [4.78, 5) is 34.0. The molecule has 7 heteroatoms. The fourth-order valence-electron chi connectivity index (χ4n) is 4.40. The number of carbonyl (C=O) groups is 2. The first-order chi connectivity index (χ1) is 14.1. The number of hydrogen-bond acceptors (Lipinski definition) is 4. The zero-order valence-corrected chi connectivity index (χ0v) is 17.0. The highest BCUT2D eigenvalue weighted by atomic mass is 16.2. The van der Waals surface area contributed by atoms with Crippen molar-refractivity contribution < 1.29 is 9.59 Å². The van der Waals surface area contributed by atoms with E-state index in [2.05, 4.69) is 15.2 Å². The number of hydrogen-bond donors (Lipinski definition) is 1. The van der Waals surface area contributed by atoms with Crippen LogP contribution in [0.2, 0.25) is 0 Å². The van der Waals surface area contributed by atoms with Gasteiger partial charge in [0, 0.05) is 57.6 Å². The maximum absolute atomic E-state index is 13.0. The van der Waals surface area contributed by atoms with E-state index in [9.17, 15) is 9.59 Å². The van der Waals surface area contributed by atoms with Crippen molar-refractivity contribution in [3.05, 3.63) is 48.4 Å². The minimum atomic E-state index is -0.0297. The summed E-state index contributed by atoms with van der Waals surface area (Å²) in [5.41, 5.74) is 0.675. The van der Waals surface area contributed by atoms with Gasteiger partial charge in [-0.1, -0.05) is 6.07 Å². The second-order valence-corrected chi connectivity index (χ2v) is 8.03. The number of piperazine rings is 1. The largest absolute Gasteiger partial charge is 0.353 e. The molecule has 0 radical (unpaired) electrons. The number of anilines is 1. The normalized spacial score (nSPS) is 22.4. The average molecular weight is 396 g/mol. The van der Waals surface area contributed by atoms with E-state index in [1.54, 1.807) is 0 Å². The Balaban J connectivity index is 1.23. The van der Waals surface area contributed by atoms with E-state index in [4.69, 9.17) is 0 Å². The molecule has 1 aliphatic carbocycles. The van der Waals surface area contributed by atoms with Crippen LogP contribution in [0, 0.1) is 5.92 Å². The molecular formula is C22H29N5O2. The zero-order chi connectivity index (χ0) is 20.2. The van der Waals surface area contributed by atoms with E-state index in [1.165, 1.54) is 0 Å². The Hall–Kier alpha value is -2.83. The summed E-state index contributed by atoms with van der Waals surface area (Å²) >= 11 is 0. The lowest BCUT2D eigenvalue weighted by atomic mass is 9.85. The predicted molar refractivity (Wildman–Crippen MR) is 112 cm³/mol. The van der Waals surface area contributed by atoms with E-state index < -0.39 is 0 Å². The fourth-order valence-corrected chi connectivity index (χ4v) is 4.40. The molecule has 3 heterocycles. The number of aromatic nitrogens is 2. The van der Waals surface area contributed by atoms with Crippen molar-refractivity contribution in [3.63, 3.8) is 0 Å². The summed E-state index contributed by atoms with van der Waals surface area (Å²) in [5.74, 6) is 1.31. The molecule has 1 saturated heterocycles. The van der Waals surface area contributed by atoms with Crippen molar-refractivity contribution >= 4 is 17.6 Å². The van der Waals surface area contributed by atoms with Gasteiger partial charge in [-0.3, -0.25) is 9.59 Å². The Morgan fingerprint density at radius 1 is 1.00 bits per heavy atom. The summed E-state index contributed by atoms with van der Waals surface area (Å²) < 4.78 is 1.83. The molecule has 2 aromatic rings. The van der Waals surface area contributed by atoms with E-state index in [1.807, 2.05) is 59.2 Å². The first-order valence-electron chi connectivity index (χ1n) is 10.5. The van der Waals surface area contributed by atoms with Crippen LogP contribution in [0.5, 0.6) is 0 Å². The lowest BCUT2D eigenvalue weighted by molar-refractivity contribution is -0.137. The molecule has 4 rings (SSSR count). The van der Waals surface area contributed by atoms with Gasteiger partial charge >= 0.3 is 0 Å². The molecule has 2 fully saturated rings. The van der Waals surface area contributed by atoms with Crippen LogP contribution in [0.3, 0.4) is 0 Å². The molecule has 0 aromatic carbocycles. The van der Waals surface area contributed by atoms with Gasteiger partial charge in [0.2, 0.25) is 5.91 Å². The number of amides is 2. The lowest BCUT2D eigenvalue weighted by Crippen LogP contribution is -2.51. The minimum absolute atomic E-state index is 0.0297. The number of nitrogens with zero attached hydrogens (tertiary/aromatic N) is 4. The van der Waals surface area contributed by atoms with Gasteiger partial charge < -0.3 is 19.7 Å². The standard InChI is InChI=1S/C22H29N5O2/c1-25-12-4-5-19(25)21(28)24-18-9-7-17(8-10-18)22(29)27-15-13-26(14-16-27)20-6-2-3-11-23-20/h2-6,11-12,17-18H,7-10,13-16H2,1H3,(H,24,28). The molecule has 2 amide bonds. The number of rotatable bonds is 4. The monoisotopic (exact) mass is 395 g/mol. The minimum Gasteiger partial charge on any atom is -0.353 e. The third-order valence-corrected chi connectivity index (χ3v) is 6.15. The molecule has 0 unspecified atom stereocenters. The van der Waals surface area contributed by atoms with Crippen molar-refractivity contribution in [1.82, 2.24) is 19.8 Å². The third-order valence-electron chi connectivity index (χ3n) is 6.15. The van der Waals surface area contributed by atoms with Crippen LogP contribution in [-0.2, 0) is 11.8 Å². The second-order valence-electron chi connectivity index (χ2n) is 8.03. The second kappa shape index (κ2) is 8.68. The molecule has 1 aliphatic heterocycles. The van der Waals surface area contributed by atoms with Crippen molar-refractivity contribution in [3.8, 4) is 0 Å². The molecule has 2 aliphatic rings. The molecule has 154 valence electrons. The van der Waals surface area contributed by atoms with Gasteiger partial charge in [0.15, 0.2) is 0 Å². The Labute approximate surface area is 171 Å². The third kappa shape index (κ3) is 4.44. The van der Waals surface area contributed by atoms with Gasteiger partial charge in [0.1, 0.15) is 11.5 Å². The van der Waals surface area contributed by atoms with E-state index in [-0.39, 0.29) is 23.8 Å². The van der Waals surface area contributed by atoms with Gasteiger partial charge in [-0.15, -0.1) is 0 Å². The number of carbonyl (C=O) groups excluding carboxylic acids is 2. The number of nitrogens with one attached hydrogen (secondary N) is 1. The van der Waals surface area contributed by atoms with Crippen molar-refractivity contribution in [2.75, 3.05) is 31.1 Å². The molecule has 1 saturated carbocycles. The van der Waals surface area contributed by atoms with E-state index in [0.29, 0.717) is 5.69 Å². The molecule has 7 nitrogen and oxygen atoms in total. The first kappa shape index (κ1) is 19.5. The van der Waals surface area contributed by atoms with Crippen LogP contribution in [-0.4, -0.2) is 58.5 Å². The highest BCUT2D eigenvalue weighted by Gasteiger charge is 2.32. The maximum atomic E-state index is 13.0. The molecule has 0 atom stereocenters. The highest BCUT2D eigenvalue weighted by molar-refractivity contribution is 5.92. The Kier molecular flexibility index (Phi) is 5.83. The van der Waals surface area contributed by atoms with Crippen molar-refractivity contribution in [1.29, 1.82) is 0 Å². The zero-order valence-electron chi connectivity index (χ0n) is 17.0. The molecule has 1 N–H and O–H groups in total. The van der Waals surface area contributed by atoms with Crippen LogP contribution in [0.15, 0.2) is 42.7 Å². The Morgan fingerprint density at radius 2 is 1.76 bits per heavy atom. The Bertz CT molecular complexity index is 834. The molecule has 0 bridgehead atoms. The van der Waals surface area contributed by atoms with Crippen LogP contribution in [0.25, 0.3) is 0 Å². The fraction of sp³-hybridized carbons (Fsp3) is 0.500. The van der Waals surface area contributed by atoms with Gasteiger partial charge in [-0.25, -0.2) is 4.98 Å². The van der Waals surface area contributed by atoms with Gasteiger partial charge in [0.25, 0.3) is 5.91 Å². The highest BCUT2D eigenvalue weighted by Crippen LogP contribution is 2.27.